The SMILES string of the molecule is Cc1c(CCC(=O)O)nc2cccc(F)n12. The third-order valence-corrected chi connectivity index (χ3v) is 2.50. The number of carbonyl (C=O) groups is 1. The van der Waals surface area contributed by atoms with Gasteiger partial charge in [-0.2, -0.15) is 4.39 Å². The van der Waals surface area contributed by atoms with Crippen LogP contribution >= 0.6 is 0 Å². The first kappa shape index (κ1) is 10.6. The number of aliphatic carboxylic acids is 1. The molecule has 0 saturated heterocycles. The number of pyridine rings is 1. The first-order valence-corrected chi connectivity index (χ1v) is 4.94. The van der Waals surface area contributed by atoms with Gasteiger partial charge in [-0.15, -0.1) is 0 Å². The molecule has 2 heterocycles. The first-order valence-electron chi connectivity index (χ1n) is 4.94. The Morgan fingerprint density at radius 2 is 2.31 bits per heavy atom. The molecule has 1 N–H and O–H groups in total. The second kappa shape index (κ2) is 3.92. The Morgan fingerprint density at radius 1 is 1.56 bits per heavy atom. The van der Waals surface area contributed by atoms with Gasteiger partial charge < -0.3 is 5.11 Å². The average molecular weight is 222 g/mol. The van der Waals surface area contributed by atoms with Crippen molar-refractivity contribution in [3.8, 4) is 0 Å². The van der Waals surface area contributed by atoms with Crippen LogP contribution < -0.4 is 0 Å². The summed E-state index contributed by atoms with van der Waals surface area (Å²) in [6.45, 7) is 1.74. The first-order chi connectivity index (χ1) is 7.59. The van der Waals surface area contributed by atoms with E-state index >= 15 is 0 Å². The van der Waals surface area contributed by atoms with E-state index in [9.17, 15) is 9.18 Å². The summed E-state index contributed by atoms with van der Waals surface area (Å²) in [5, 5.41) is 8.59. The third kappa shape index (κ3) is 1.76. The van der Waals surface area contributed by atoms with Crippen molar-refractivity contribution in [2.45, 2.75) is 19.8 Å². The summed E-state index contributed by atoms with van der Waals surface area (Å²) in [4.78, 5) is 14.7. The van der Waals surface area contributed by atoms with Crippen LogP contribution in [0, 0.1) is 12.9 Å². The minimum atomic E-state index is -0.878. The Bertz CT molecular complexity index is 548. The number of halogens is 1. The quantitative estimate of drug-likeness (QED) is 0.805. The van der Waals surface area contributed by atoms with Crippen molar-refractivity contribution >= 4 is 11.6 Å². The van der Waals surface area contributed by atoms with Crippen molar-refractivity contribution in [2.75, 3.05) is 0 Å². The fourth-order valence-electron chi connectivity index (χ4n) is 1.70. The normalized spacial score (nSPS) is 10.9. The highest BCUT2D eigenvalue weighted by Gasteiger charge is 2.11. The van der Waals surface area contributed by atoms with Crippen LogP contribution in [-0.2, 0) is 11.2 Å². The molecule has 2 aromatic heterocycles. The highest BCUT2D eigenvalue weighted by atomic mass is 19.1. The van der Waals surface area contributed by atoms with Gasteiger partial charge in [0.05, 0.1) is 12.1 Å². The maximum Gasteiger partial charge on any atom is 0.303 e. The largest absolute Gasteiger partial charge is 0.481 e. The summed E-state index contributed by atoms with van der Waals surface area (Å²) in [7, 11) is 0. The number of imidazole rings is 1. The molecule has 0 aromatic carbocycles. The number of carboxylic acid groups (broad SMARTS) is 1. The molecule has 0 unspecified atom stereocenters. The molecule has 4 nitrogen and oxygen atoms in total. The zero-order chi connectivity index (χ0) is 11.7. The second-order valence-corrected chi connectivity index (χ2v) is 3.58. The lowest BCUT2D eigenvalue weighted by molar-refractivity contribution is -0.136. The summed E-state index contributed by atoms with van der Waals surface area (Å²) in [6.07, 6.45) is 0.328. The van der Waals surface area contributed by atoms with E-state index in [2.05, 4.69) is 4.98 Å². The summed E-state index contributed by atoms with van der Waals surface area (Å²) in [5.74, 6) is -1.26. The van der Waals surface area contributed by atoms with Crippen LogP contribution in [0.25, 0.3) is 5.65 Å². The van der Waals surface area contributed by atoms with Crippen LogP contribution in [0.3, 0.4) is 0 Å². The molecular weight excluding hydrogens is 211 g/mol. The van der Waals surface area contributed by atoms with E-state index in [-0.39, 0.29) is 12.4 Å². The zero-order valence-electron chi connectivity index (χ0n) is 8.77. The molecule has 0 fully saturated rings. The van der Waals surface area contributed by atoms with Crippen molar-refractivity contribution < 1.29 is 14.3 Å². The van der Waals surface area contributed by atoms with Crippen molar-refractivity contribution in [2.24, 2.45) is 0 Å². The van der Waals surface area contributed by atoms with E-state index in [0.29, 0.717) is 23.5 Å². The van der Waals surface area contributed by atoms with Crippen LogP contribution in [0.5, 0.6) is 0 Å². The molecular formula is C11H11FN2O2. The topological polar surface area (TPSA) is 54.6 Å². The molecule has 84 valence electrons. The molecule has 0 aliphatic heterocycles. The summed E-state index contributed by atoms with van der Waals surface area (Å²) >= 11 is 0. The van der Waals surface area contributed by atoms with Gasteiger partial charge in [0.25, 0.3) is 0 Å². The van der Waals surface area contributed by atoms with Gasteiger partial charge in [-0.05, 0) is 19.1 Å². The molecule has 0 atom stereocenters. The highest BCUT2D eigenvalue weighted by molar-refractivity contribution is 5.67. The Kier molecular flexibility index (Phi) is 2.60. The van der Waals surface area contributed by atoms with Crippen LogP contribution in [0.15, 0.2) is 18.2 Å². The Labute approximate surface area is 91.4 Å². The van der Waals surface area contributed by atoms with E-state index in [1.807, 2.05) is 0 Å². The van der Waals surface area contributed by atoms with Gasteiger partial charge in [0.1, 0.15) is 5.65 Å². The van der Waals surface area contributed by atoms with Crippen molar-refractivity contribution in [1.82, 2.24) is 9.38 Å². The summed E-state index contributed by atoms with van der Waals surface area (Å²) in [6, 6.07) is 4.63. The number of aromatic nitrogens is 2. The molecule has 0 aliphatic carbocycles. The van der Waals surface area contributed by atoms with Crippen LogP contribution in [0.1, 0.15) is 17.8 Å². The van der Waals surface area contributed by atoms with Crippen molar-refractivity contribution in [1.29, 1.82) is 0 Å². The van der Waals surface area contributed by atoms with Crippen LogP contribution in [-0.4, -0.2) is 20.5 Å². The lowest BCUT2D eigenvalue weighted by atomic mass is 10.2. The van der Waals surface area contributed by atoms with Crippen LogP contribution in [0.2, 0.25) is 0 Å². The standard InChI is InChI=1S/C11H11FN2O2/c1-7-8(5-6-11(15)16)13-10-4-2-3-9(12)14(7)10/h2-4H,5-6H2,1H3,(H,15,16). The van der Waals surface area contributed by atoms with Crippen molar-refractivity contribution in [3.63, 3.8) is 0 Å². The Morgan fingerprint density at radius 3 is 2.94 bits per heavy atom. The summed E-state index contributed by atoms with van der Waals surface area (Å²) in [5.41, 5.74) is 1.81. The van der Waals surface area contributed by atoms with E-state index in [0.717, 1.165) is 0 Å². The molecule has 5 heteroatoms. The molecule has 0 saturated carbocycles. The average Bonchev–Trinajstić information content (AvgIpc) is 2.54. The van der Waals surface area contributed by atoms with Crippen LogP contribution in [0.4, 0.5) is 4.39 Å². The maximum absolute atomic E-state index is 13.5. The minimum Gasteiger partial charge on any atom is -0.481 e. The van der Waals surface area contributed by atoms with Gasteiger partial charge in [0, 0.05) is 12.1 Å². The molecule has 0 aliphatic rings. The summed E-state index contributed by atoms with van der Waals surface area (Å²) < 4.78 is 14.9. The monoisotopic (exact) mass is 222 g/mol. The Hall–Kier alpha value is -1.91. The van der Waals surface area contributed by atoms with Gasteiger partial charge in [0.2, 0.25) is 0 Å². The van der Waals surface area contributed by atoms with Gasteiger partial charge >= 0.3 is 5.97 Å². The second-order valence-electron chi connectivity index (χ2n) is 3.58. The molecule has 0 bridgehead atoms. The molecule has 16 heavy (non-hydrogen) atoms. The number of fused-ring (bicyclic) bond motifs is 1. The number of hydrogen-bond acceptors (Lipinski definition) is 2. The van der Waals surface area contributed by atoms with Gasteiger partial charge in [-0.25, -0.2) is 4.98 Å². The Balaban J connectivity index is 2.44. The smallest absolute Gasteiger partial charge is 0.303 e. The third-order valence-electron chi connectivity index (χ3n) is 2.50. The molecule has 2 rings (SSSR count). The van der Waals surface area contributed by atoms with Gasteiger partial charge in [-0.3, -0.25) is 9.20 Å². The van der Waals surface area contributed by atoms with Gasteiger partial charge in [-0.1, -0.05) is 6.07 Å². The van der Waals surface area contributed by atoms with E-state index < -0.39 is 5.97 Å². The molecule has 2 aromatic rings. The van der Waals surface area contributed by atoms with E-state index in [1.54, 1.807) is 19.1 Å². The lowest BCUT2D eigenvalue weighted by Crippen LogP contribution is -1.99. The zero-order valence-corrected chi connectivity index (χ0v) is 8.77. The number of aryl methyl sites for hydroxylation is 2. The fourth-order valence-corrected chi connectivity index (χ4v) is 1.70. The van der Waals surface area contributed by atoms with E-state index in [4.69, 9.17) is 5.11 Å². The predicted molar refractivity (Wildman–Crippen MR) is 55.8 cm³/mol. The maximum atomic E-state index is 13.5. The van der Waals surface area contributed by atoms with E-state index in [1.165, 1.54) is 10.5 Å². The fraction of sp³-hybridized carbons (Fsp3) is 0.273. The van der Waals surface area contributed by atoms with Gasteiger partial charge in [0.15, 0.2) is 5.95 Å². The number of hydrogen-bond donors (Lipinski definition) is 1. The molecule has 0 spiro atoms. The minimum absolute atomic E-state index is 0.00629. The number of carboxylic acids is 1. The number of nitrogens with zero attached hydrogens (tertiary/aromatic N) is 2. The lowest BCUT2D eigenvalue weighted by Gasteiger charge is -1.98. The van der Waals surface area contributed by atoms with Crippen molar-refractivity contribution in [3.05, 3.63) is 35.5 Å². The predicted octanol–water partition coefficient (Wildman–Crippen LogP) is 1.80. The highest BCUT2D eigenvalue weighted by Crippen LogP contribution is 2.15. The molecule has 0 amide bonds. The molecule has 0 radical (unpaired) electrons. The number of rotatable bonds is 3.